The van der Waals surface area contributed by atoms with Gasteiger partial charge in [-0.15, -0.1) is 0 Å². The zero-order valence-electron chi connectivity index (χ0n) is 10.1. The number of pyridine rings is 1. The van der Waals surface area contributed by atoms with E-state index in [4.69, 9.17) is 11.6 Å². The van der Waals surface area contributed by atoms with E-state index in [1.165, 1.54) is 23.0 Å². The van der Waals surface area contributed by atoms with Gasteiger partial charge >= 0.3 is 0 Å². The average Bonchev–Trinajstić information content (AvgIpc) is 2.88. The van der Waals surface area contributed by atoms with Crippen LogP contribution < -0.4 is 4.72 Å². The van der Waals surface area contributed by atoms with Gasteiger partial charge in [-0.3, -0.25) is 4.72 Å². The highest BCUT2D eigenvalue weighted by Gasteiger charge is 2.19. The molecule has 2 aromatic heterocycles. The molecule has 3 rings (SSSR count). The first kappa shape index (κ1) is 12.9. The van der Waals surface area contributed by atoms with Crippen molar-refractivity contribution >= 4 is 33.0 Å². The second-order valence-corrected chi connectivity index (χ2v) is 6.04. The molecule has 6 nitrogen and oxygen atoms in total. The van der Waals surface area contributed by atoms with Crippen molar-refractivity contribution in [1.29, 1.82) is 0 Å². The fraction of sp³-hybridized carbons (Fsp3) is 0. The number of halogens is 1. The Hall–Kier alpha value is -2.12. The zero-order chi connectivity index (χ0) is 14.2. The van der Waals surface area contributed by atoms with Crippen LogP contribution in [0.4, 0.5) is 5.69 Å². The van der Waals surface area contributed by atoms with Gasteiger partial charge in [0.1, 0.15) is 11.2 Å². The molecule has 0 spiro atoms. The van der Waals surface area contributed by atoms with Crippen molar-refractivity contribution in [1.82, 2.24) is 14.6 Å². The average molecular weight is 309 g/mol. The van der Waals surface area contributed by atoms with Gasteiger partial charge in [-0.2, -0.15) is 5.10 Å². The van der Waals surface area contributed by atoms with Crippen molar-refractivity contribution in [3.8, 4) is 0 Å². The van der Waals surface area contributed by atoms with Gasteiger partial charge in [-0.25, -0.2) is 17.9 Å². The van der Waals surface area contributed by atoms with Crippen molar-refractivity contribution < 1.29 is 8.42 Å². The molecule has 0 saturated heterocycles. The van der Waals surface area contributed by atoms with Gasteiger partial charge in [-0.1, -0.05) is 23.7 Å². The van der Waals surface area contributed by atoms with Crippen molar-refractivity contribution in [2.75, 3.05) is 4.72 Å². The third-order valence-electron chi connectivity index (χ3n) is 2.67. The predicted octanol–water partition coefficient (Wildman–Crippen LogP) is 2.18. The highest BCUT2D eigenvalue weighted by atomic mass is 35.5. The molecular weight excluding hydrogens is 300 g/mol. The number of hydrogen-bond donors (Lipinski definition) is 1. The van der Waals surface area contributed by atoms with Gasteiger partial charge in [0.25, 0.3) is 10.0 Å². The topological polar surface area (TPSA) is 76.4 Å². The summed E-state index contributed by atoms with van der Waals surface area (Å²) in [5, 5.41) is 4.10. The van der Waals surface area contributed by atoms with E-state index in [2.05, 4.69) is 14.8 Å². The van der Waals surface area contributed by atoms with E-state index in [1.807, 2.05) is 0 Å². The first-order valence-corrected chi connectivity index (χ1v) is 7.50. The molecule has 8 heteroatoms. The Morgan fingerprint density at radius 3 is 2.75 bits per heavy atom. The molecule has 0 fully saturated rings. The Morgan fingerprint density at radius 2 is 1.95 bits per heavy atom. The van der Waals surface area contributed by atoms with Crippen LogP contribution in [0.2, 0.25) is 5.02 Å². The summed E-state index contributed by atoms with van der Waals surface area (Å²) in [5.74, 6) is 0. The van der Waals surface area contributed by atoms with E-state index >= 15 is 0 Å². The molecule has 3 aromatic rings. The minimum atomic E-state index is -3.78. The van der Waals surface area contributed by atoms with Crippen molar-refractivity contribution in [3.63, 3.8) is 0 Å². The van der Waals surface area contributed by atoms with Crippen LogP contribution in [0.1, 0.15) is 0 Å². The SMILES string of the molecule is O=S(=O)(Nc1cccn2ncnc12)c1ccccc1Cl. The first-order valence-electron chi connectivity index (χ1n) is 5.64. The van der Waals surface area contributed by atoms with Crippen LogP contribution in [0.15, 0.2) is 53.8 Å². The standard InChI is InChI=1S/C12H9ClN4O2S/c13-9-4-1-2-6-11(9)20(18,19)16-10-5-3-7-17-12(10)14-8-15-17/h1-8,16H. The summed E-state index contributed by atoms with van der Waals surface area (Å²) in [5.41, 5.74) is 0.757. The quantitative estimate of drug-likeness (QED) is 0.804. The summed E-state index contributed by atoms with van der Waals surface area (Å²) < 4.78 is 28.6. The van der Waals surface area contributed by atoms with E-state index in [-0.39, 0.29) is 9.92 Å². The van der Waals surface area contributed by atoms with Gasteiger partial charge in [0.05, 0.1) is 10.7 Å². The molecule has 0 aliphatic heterocycles. The maximum atomic E-state index is 12.3. The Kier molecular flexibility index (Phi) is 3.07. The Morgan fingerprint density at radius 1 is 1.15 bits per heavy atom. The first-order chi connectivity index (χ1) is 9.58. The monoisotopic (exact) mass is 308 g/mol. The third-order valence-corrected chi connectivity index (χ3v) is 4.54. The maximum absolute atomic E-state index is 12.3. The smallest absolute Gasteiger partial charge is 0.263 e. The Labute approximate surface area is 120 Å². The van der Waals surface area contributed by atoms with E-state index in [9.17, 15) is 8.42 Å². The van der Waals surface area contributed by atoms with Crippen molar-refractivity contribution in [3.05, 3.63) is 53.9 Å². The molecule has 1 N–H and O–H groups in total. The summed E-state index contributed by atoms with van der Waals surface area (Å²) in [7, 11) is -3.78. The lowest BCUT2D eigenvalue weighted by Gasteiger charge is -2.09. The number of anilines is 1. The Bertz CT molecular complexity index is 876. The number of nitrogens with zero attached hydrogens (tertiary/aromatic N) is 3. The van der Waals surface area contributed by atoms with Crippen molar-refractivity contribution in [2.45, 2.75) is 4.90 Å². The molecule has 0 aliphatic rings. The number of benzene rings is 1. The number of aromatic nitrogens is 3. The summed E-state index contributed by atoms with van der Waals surface area (Å²) >= 11 is 5.92. The maximum Gasteiger partial charge on any atom is 0.263 e. The zero-order valence-corrected chi connectivity index (χ0v) is 11.6. The van der Waals surface area contributed by atoms with Crippen molar-refractivity contribution in [2.24, 2.45) is 0 Å². The largest absolute Gasteiger partial charge is 0.276 e. The number of rotatable bonds is 3. The molecule has 0 amide bonds. The van der Waals surface area contributed by atoms with Gasteiger partial charge < -0.3 is 0 Å². The van der Waals surface area contributed by atoms with Crippen LogP contribution in [-0.2, 0) is 10.0 Å². The summed E-state index contributed by atoms with van der Waals surface area (Å²) in [4.78, 5) is 4.03. The normalized spacial score (nSPS) is 11.7. The summed E-state index contributed by atoms with van der Waals surface area (Å²) in [6, 6.07) is 9.52. The molecule has 0 radical (unpaired) electrons. The van der Waals surface area contributed by atoms with Gasteiger partial charge in [0, 0.05) is 6.20 Å². The van der Waals surface area contributed by atoms with E-state index in [0.29, 0.717) is 11.3 Å². The summed E-state index contributed by atoms with van der Waals surface area (Å²) in [6.45, 7) is 0. The van der Waals surface area contributed by atoms with Crippen LogP contribution in [0, 0.1) is 0 Å². The highest BCUT2D eigenvalue weighted by Crippen LogP contribution is 2.24. The molecule has 2 heterocycles. The van der Waals surface area contributed by atoms with Crippen LogP contribution in [-0.4, -0.2) is 23.0 Å². The molecule has 0 bridgehead atoms. The number of nitrogens with one attached hydrogen (secondary N) is 1. The molecule has 0 aliphatic carbocycles. The van der Waals surface area contributed by atoms with E-state index < -0.39 is 10.0 Å². The fourth-order valence-corrected chi connectivity index (χ4v) is 3.37. The molecule has 102 valence electrons. The number of sulfonamides is 1. The molecule has 0 saturated carbocycles. The van der Waals surface area contributed by atoms with E-state index in [0.717, 1.165) is 0 Å². The molecule has 1 aromatic carbocycles. The van der Waals surface area contributed by atoms with Crippen LogP contribution in [0.5, 0.6) is 0 Å². The highest BCUT2D eigenvalue weighted by molar-refractivity contribution is 7.92. The summed E-state index contributed by atoms with van der Waals surface area (Å²) in [6.07, 6.45) is 3.03. The Balaban J connectivity index is 2.06. The minimum Gasteiger partial charge on any atom is -0.276 e. The lowest BCUT2D eigenvalue weighted by atomic mass is 10.4. The molecule has 0 unspecified atom stereocenters. The second kappa shape index (κ2) is 4.77. The molecular formula is C12H9ClN4O2S. The van der Waals surface area contributed by atoms with Gasteiger partial charge in [0.2, 0.25) is 0 Å². The third kappa shape index (κ3) is 2.21. The lowest BCUT2D eigenvalue weighted by Crippen LogP contribution is -2.14. The number of hydrogen-bond acceptors (Lipinski definition) is 4. The van der Waals surface area contributed by atoms with Crippen LogP contribution in [0.25, 0.3) is 5.65 Å². The fourth-order valence-electron chi connectivity index (χ4n) is 1.79. The van der Waals surface area contributed by atoms with Crippen LogP contribution in [0.3, 0.4) is 0 Å². The number of fused-ring (bicyclic) bond motifs is 1. The van der Waals surface area contributed by atoms with Crippen LogP contribution >= 0.6 is 11.6 Å². The van der Waals surface area contributed by atoms with Gasteiger partial charge in [-0.05, 0) is 24.3 Å². The van der Waals surface area contributed by atoms with Gasteiger partial charge in [0.15, 0.2) is 5.65 Å². The molecule has 20 heavy (non-hydrogen) atoms. The lowest BCUT2D eigenvalue weighted by molar-refractivity contribution is 0.601. The van der Waals surface area contributed by atoms with E-state index in [1.54, 1.807) is 30.5 Å². The second-order valence-electron chi connectivity index (χ2n) is 3.99. The predicted molar refractivity (Wildman–Crippen MR) is 75.2 cm³/mol. The molecule has 0 atom stereocenters. The minimum absolute atomic E-state index is 0.0168.